The van der Waals surface area contributed by atoms with Crippen molar-refractivity contribution in [3.05, 3.63) is 38.9 Å². The number of nitro groups is 1. The molecular formula is C13H16ClN3O4. The van der Waals surface area contributed by atoms with Crippen molar-refractivity contribution in [2.24, 2.45) is 0 Å². The Hall–Kier alpha value is -2.15. The molecule has 1 N–H and O–H groups in total. The molecule has 0 saturated carbocycles. The fraction of sp³-hybridized carbons (Fsp3) is 0.385. The minimum Gasteiger partial charge on any atom is -0.352 e. The quantitative estimate of drug-likeness (QED) is 0.663. The molecule has 0 aliphatic heterocycles. The molecule has 0 atom stereocenters. The van der Waals surface area contributed by atoms with Gasteiger partial charge in [-0.25, -0.2) is 0 Å². The number of likely N-dealkylation sites (N-methyl/N-ethyl adjacent to an activating group) is 1. The first kappa shape index (κ1) is 16.9. The van der Waals surface area contributed by atoms with Crippen LogP contribution in [0.1, 0.15) is 24.2 Å². The summed E-state index contributed by atoms with van der Waals surface area (Å²) in [6, 6.07) is 3.93. The van der Waals surface area contributed by atoms with Crippen molar-refractivity contribution in [3.63, 3.8) is 0 Å². The standard InChI is InChI=1S/C13H16ClN3O4/c1-8(2)15-11(18)7-16(3)13(19)9-5-4-6-10(12(9)14)17(20)21/h4-6,8H,7H2,1-3H3,(H,15,18). The minimum absolute atomic E-state index is 0.00860. The summed E-state index contributed by atoms with van der Waals surface area (Å²) in [5.41, 5.74) is -0.353. The number of carbonyl (C=O) groups is 2. The summed E-state index contributed by atoms with van der Waals surface area (Å²) in [5.74, 6) is -0.870. The van der Waals surface area contributed by atoms with E-state index in [1.165, 1.54) is 25.2 Å². The number of amides is 2. The smallest absolute Gasteiger partial charge is 0.288 e. The van der Waals surface area contributed by atoms with Crippen molar-refractivity contribution in [3.8, 4) is 0 Å². The Morgan fingerprint density at radius 2 is 2.05 bits per heavy atom. The van der Waals surface area contributed by atoms with Crippen LogP contribution in [-0.4, -0.2) is 41.3 Å². The zero-order valence-corrected chi connectivity index (χ0v) is 12.7. The van der Waals surface area contributed by atoms with Gasteiger partial charge in [-0.05, 0) is 19.9 Å². The molecular weight excluding hydrogens is 298 g/mol. The van der Waals surface area contributed by atoms with Crippen molar-refractivity contribution in [2.45, 2.75) is 19.9 Å². The topological polar surface area (TPSA) is 92.6 Å². The molecule has 0 unspecified atom stereocenters. The molecule has 8 heteroatoms. The second-order valence-corrected chi connectivity index (χ2v) is 5.16. The van der Waals surface area contributed by atoms with Gasteiger partial charge in [-0.3, -0.25) is 19.7 Å². The number of halogens is 1. The van der Waals surface area contributed by atoms with Gasteiger partial charge in [0.05, 0.1) is 17.0 Å². The van der Waals surface area contributed by atoms with E-state index in [1.54, 1.807) is 13.8 Å². The van der Waals surface area contributed by atoms with E-state index in [2.05, 4.69) is 5.32 Å². The van der Waals surface area contributed by atoms with E-state index < -0.39 is 10.8 Å². The van der Waals surface area contributed by atoms with Gasteiger partial charge in [0.2, 0.25) is 5.91 Å². The van der Waals surface area contributed by atoms with Crippen LogP contribution in [0.4, 0.5) is 5.69 Å². The van der Waals surface area contributed by atoms with Crippen molar-refractivity contribution >= 4 is 29.1 Å². The van der Waals surface area contributed by atoms with Gasteiger partial charge in [-0.15, -0.1) is 0 Å². The molecule has 1 aromatic rings. The summed E-state index contributed by atoms with van der Waals surface area (Å²) in [6.07, 6.45) is 0. The van der Waals surface area contributed by atoms with E-state index in [1.807, 2.05) is 0 Å². The van der Waals surface area contributed by atoms with Crippen molar-refractivity contribution in [1.29, 1.82) is 0 Å². The van der Waals surface area contributed by atoms with Gasteiger partial charge in [0.15, 0.2) is 0 Å². The molecule has 114 valence electrons. The maximum Gasteiger partial charge on any atom is 0.288 e. The highest BCUT2D eigenvalue weighted by atomic mass is 35.5. The van der Waals surface area contributed by atoms with Gasteiger partial charge in [0.25, 0.3) is 11.6 Å². The van der Waals surface area contributed by atoms with E-state index in [4.69, 9.17) is 11.6 Å². The van der Waals surface area contributed by atoms with Crippen LogP contribution in [0.2, 0.25) is 5.02 Å². The number of carbonyl (C=O) groups excluding carboxylic acids is 2. The van der Waals surface area contributed by atoms with Crippen LogP contribution in [0.25, 0.3) is 0 Å². The fourth-order valence-electron chi connectivity index (χ4n) is 1.69. The normalized spacial score (nSPS) is 10.3. The molecule has 0 aromatic heterocycles. The number of nitrogens with one attached hydrogen (secondary N) is 1. The Morgan fingerprint density at radius 1 is 1.43 bits per heavy atom. The third kappa shape index (κ3) is 4.42. The van der Waals surface area contributed by atoms with E-state index in [9.17, 15) is 19.7 Å². The number of benzene rings is 1. The Balaban J connectivity index is 2.91. The number of hydrogen-bond acceptors (Lipinski definition) is 4. The van der Waals surface area contributed by atoms with Crippen LogP contribution in [0.15, 0.2) is 18.2 Å². The van der Waals surface area contributed by atoms with Gasteiger partial charge in [-0.2, -0.15) is 0 Å². The molecule has 0 aliphatic rings. The summed E-state index contributed by atoms with van der Waals surface area (Å²) < 4.78 is 0. The molecule has 2 amide bonds. The van der Waals surface area contributed by atoms with Crippen LogP contribution in [0.3, 0.4) is 0 Å². The number of hydrogen-bond donors (Lipinski definition) is 1. The molecule has 7 nitrogen and oxygen atoms in total. The minimum atomic E-state index is -0.662. The average Bonchev–Trinajstić information content (AvgIpc) is 2.36. The Kier molecular flexibility index (Phi) is 5.66. The van der Waals surface area contributed by atoms with Crippen LogP contribution in [-0.2, 0) is 4.79 Å². The Labute approximate surface area is 127 Å². The highest BCUT2D eigenvalue weighted by Crippen LogP contribution is 2.28. The van der Waals surface area contributed by atoms with Gasteiger partial charge in [-0.1, -0.05) is 17.7 Å². The predicted molar refractivity (Wildman–Crippen MR) is 78.3 cm³/mol. The Morgan fingerprint density at radius 3 is 2.57 bits per heavy atom. The molecule has 0 saturated heterocycles. The number of nitrogens with zero attached hydrogens (tertiary/aromatic N) is 2. The first-order chi connectivity index (χ1) is 9.73. The lowest BCUT2D eigenvalue weighted by atomic mass is 10.1. The second-order valence-electron chi connectivity index (χ2n) is 4.78. The second kappa shape index (κ2) is 7.03. The van der Waals surface area contributed by atoms with Gasteiger partial charge in [0, 0.05) is 19.2 Å². The summed E-state index contributed by atoms with van der Waals surface area (Å²) in [6.45, 7) is 3.45. The van der Waals surface area contributed by atoms with Crippen LogP contribution in [0, 0.1) is 10.1 Å². The highest BCUT2D eigenvalue weighted by molar-refractivity contribution is 6.35. The Bertz CT molecular complexity index is 575. The molecule has 0 fully saturated rings. The van der Waals surface area contributed by atoms with E-state index >= 15 is 0 Å². The number of nitro benzene ring substituents is 1. The predicted octanol–water partition coefficient (Wildman–Crippen LogP) is 1.84. The lowest BCUT2D eigenvalue weighted by Crippen LogP contribution is -2.40. The summed E-state index contributed by atoms with van der Waals surface area (Å²) in [4.78, 5) is 35.1. The first-order valence-electron chi connectivity index (χ1n) is 6.21. The van der Waals surface area contributed by atoms with E-state index in [-0.39, 0.29) is 34.8 Å². The molecule has 0 spiro atoms. The van der Waals surface area contributed by atoms with Crippen LogP contribution >= 0.6 is 11.6 Å². The zero-order chi connectivity index (χ0) is 16.2. The maximum atomic E-state index is 12.2. The maximum absolute atomic E-state index is 12.2. The van der Waals surface area contributed by atoms with Gasteiger partial charge < -0.3 is 10.2 Å². The molecule has 1 aromatic carbocycles. The SMILES string of the molecule is CC(C)NC(=O)CN(C)C(=O)c1cccc([N+](=O)[O-])c1Cl. The molecule has 0 heterocycles. The van der Waals surface area contributed by atoms with Crippen molar-refractivity contribution in [1.82, 2.24) is 10.2 Å². The van der Waals surface area contributed by atoms with Crippen molar-refractivity contribution in [2.75, 3.05) is 13.6 Å². The monoisotopic (exact) mass is 313 g/mol. The lowest BCUT2D eigenvalue weighted by molar-refractivity contribution is -0.384. The van der Waals surface area contributed by atoms with Gasteiger partial charge in [0.1, 0.15) is 5.02 Å². The number of rotatable bonds is 5. The summed E-state index contributed by atoms with van der Waals surface area (Å²) in [7, 11) is 1.43. The van der Waals surface area contributed by atoms with Crippen LogP contribution < -0.4 is 5.32 Å². The van der Waals surface area contributed by atoms with Gasteiger partial charge >= 0.3 is 0 Å². The summed E-state index contributed by atoms with van der Waals surface area (Å²) in [5, 5.41) is 13.2. The zero-order valence-electron chi connectivity index (χ0n) is 11.9. The average molecular weight is 314 g/mol. The van der Waals surface area contributed by atoms with E-state index in [0.717, 1.165) is 4.90 Å². The highest BCUT2D eigenvalue weighted by Gasteiger charge is 2.23. The first-order valence-corrected chi connectivity index (χ1v) is 6.59. The largest absolute Gasteiger partial charge is 0.352 e. The van der Waals surface area contributed by atoms with E-state index in [0.29, 0.717) is 0 Å². The molecule has 1 rings (SSSR count). The van der Waals surface area contributed by atoms with Crippen LogP contribution in [0.5, 0.6) is 0 Å². The molecule has 21 heavy (non-hydrogen) atoms. The molecule has 0 radical (unpaired) electrons. The summed E-state index contributed by atoms with van der Waals surface area (Å²) >= 11 is 5.87. The van der Waals surface area contributed by atoms with Crippen molar-refractivity contribution < 1.29 is 14.5 Å². The molecule has 0 aliphatic carbocycles. The lowest BCUT2D eigenvalue weighted by Gasteiger charge is -2.18. The fourth-order valence-corrected chi connectivity index (χ4v) is 1.96. The third-order valence-electron chi connectivity index (χ3n) is 2.58. The third-order valence-corrected chi connectivity index (χ3v) is 2.98. The molecule has 0 bridgehead atoms.